The second kappa shape index (κ2) is 29.8. The first kappa shape index (κ1) is 63.1. The van der Waals surface area contributed by atoms with Gasteiger partial charge in [-0.15, -0.1) is 0 Å². The minimum atomic E-state index is -4.67. The molecule has 10 nitrogen and oxygen atoms in total. The van der Waals surface area contributed by atoms with Crippen LogP contribution in [0.15, 0.2) is 291 Å². The topological polar surface area (TPSA) is 147 Å². The molecule has 11 heteroatoms. The van der Waals surface area contributed by atoms with Crippen LogP contribution in [-0.2, 0) is 10.4 Å². The molecule has 12 aromatic rings. The second-order valence-electron chi connectivity index (χ2n) is 22.6. The lowest BCUT2D eigenvalue weighted by atomic mass is 9.85. The maximum atomic E-state index is 8.74. The fourth-order valence-electron chi connectivity index (χ4n) is 10.7. The van der Waals surface area contributed by atoms with E-state index in [9.17, 15) is 0 Å². The lowest BCUT2D eigenvalue weighted by Crippen LogP contribution is -2.05. The fraction of sp³-hybridized carbons (Fsp3) is 0.0750. The zero-order chi connectivity index (χ0) is 63.7. The van der Waals surface area contributed by atoms with Crippen molar-refractivity contribution in [2.75, 3.05) is 31.9 Å². The fourth-order valence-corrected chi connectivity index (χ4v) is 10.7. The van der Waals surface area contributed by atoms with Crippen LogP contribution in [0, 0.1) is 53.4 Å². The molecule has 8 N–H and O–H groups in total. The average Bonchev–Trinajstić information content (AvgIpc) is 3.16. The summed E-state index contributed by atoms with van der Waals surface area (Å²) >= 11 is 0. The lowest BCUT2D eigenvalue weighted by Gasteiger charge is -2.16. The quantitative estimate of drug-likeness (QED) is 0.0237. The summed E-state index contributed by atoms with van der Waals surface area (Å²) in [6.45, 7) is 12.7. The van der Waals surface area contributed by atoms with Gasteiger partial charge in [-0.3, -0.25) is 9.11 Å². The van der Waals surface area contributed by atoms with Crippen molar-refractivity contribution in [3.05, 3.63) is 370 Å². The predicted molar refractivity (Wildman–Crippen MR) is 381 cm³/mol. The van der Waals surface area contributed by atoms with Gasteiger partial charge in [0.05, 0.1) is 45.2 Å². The highest BCUT2D eigenvalue weighted by Crippen LogP contribution is 2.37. The summed E-state index contributed by atoms with van der Waals surface area (Å²) in [4.78, 5) is 0. The third-order valence-corrected chi connectivity index (χ3v) is 14.9. The van der Waals surface area contributed by atoms with Crippen molar-refractivity contribution in [3.63, 3.8) is 0 Å². The number of aryl methyl sites for hydroxylation is 6. The van der Waals surface area contributed by atoms with E-state index < -0.39 is 10.4 Å². The first-order valence-corrected chi connectivity index (χ1v) is 31.5. The molecule has 0 aliphatic rings. The summed E-state index contributed by atoms with van der Waals surface area (Å²) in [6.07, 6.45) is 0. The van der Waals surface area contributed by atoms with Gasteiger partial charge in [-0.1, -0.05) is 72.8 Å². The maximum absolute atomic E-state index is 8.74. The molecular formula is C80H74N6O4S+2. The van der Waals surface area contributed by atoms with Gasteiger partial charge in [0.2, 0.25) is 0 Å². The summed E-state index contributed by atoms with van der Waals surface area (Å²) in [7, 11) is -4.67. The van der Waals surface area contributed by atoms with Crippen LogP contribution in [0.4, 0.5) is 68.2 Å². The van der Waals surface area contributed by atoms with Gasteiger partial charge in [-0.05, 0) is 293 Å². The third kappa shape index (κ3) is 19.0. The molecular weight excluding hydrogens is 1140 g/mol. The molecule has 91 heavy (non-hydrogen) atoms. The molecule has 0 unspecified atom stereocenters. The van der Waals surface area contributed by atoms with E-state index in [2.05, 4.69) is 365 Å². The largest absolute Gasteiger partial charge is 0.394 e. The normalized spacial score (nSPS) is 10.7. The van der Waals surface area contributed by atoms with Crippen LogP contribution in [0.25, 0.3) is 0 Å². The van der Waals surface area contributed by atoms with Gasteiger partial charge in [-0.25, -0.2) is 0 Å². The summed E-state index contributed by atoms with van der Waals surface area (Å²) in [5.74, 6) is 2.37. The van der Waals surface area contributed by atoms with Crippen molar-refractivity contribution in [3.8, 4) is 0 Å². The smallest absolute Gasteiger partial charge is 0.355 e. The molecule has 12 rings (SSSR count). The van der Waals surface area contributed by atoms with Gasteiger partial charge in [0.1, 0.15) is 0 Å². The summed E-state index contributed by atoms with van der Waals surface area (Å²) in [5, 5.41) is 21.2. The Morgan fingerprint density at radius 1 is 0.220 bits per heavy atom. The van der Waals surface area contributed by atoms with E-state index in [4.69, 9.17) is 17.5 Å². The van der Waals surface area contributed by atoms with Gasteiger partial charge >= 0.3 is 10.4 Å². The summed E-state index contributed by atoms with van der Waals surface area (Å²) in [6, 6.07) is 103. The number of rotatable bonds is 18. The molecule has 0 aliphatic carbocycles. The Bertz CT molecular complexity index is 3730. The number of hydrogen-bond donors (Lipinski definition) is 8. The van der Waals surface area contributed by atoms with Gasteiger partial charge < -0.3 is 31.9 Å². The van der Waals surface area contributed by atoms with Gasteiger partial charge in [0.25, 0.3) is 0 Å². The monoisotopic (exact) mass is 1210 g/mol. The Labute approximate surface area is 536 Å². The molecule has 12 aromatic carbocycles. The first-order chi connectivity index (χ1) is 44.0. The molecule has 0 heterocycles. The van der Waals surface area contributed by atoms with Crippen molar-refractivity contribution >= 4 is 78.6 Å². The van der Waals surface area contributed by atoms with Crippen LogP contribution in [0.3, 0.4) is 0 Å². The molecule has 0 saturated heterocycles. The molecule has 0 radical (unpaired) electrons. The van der Waals surface area contributed by atoms with Crippen molar-refractivity contribution < 1.29 is 17.5 Å². The highest BCUT2D eigenvalue weighted by Gasteiger charge is 2.25. The molecule has 0 spiro atoms. The highest BCUT2D eigenvalue weighted by molar-refractivity contribution is 7.79. The molecule has 0 saturated carbocycles. The van der Waals surface area contributed by atoms with Gasteiger partial charge in [-0.2, -0.15) is 8.42 Å². The molecule has 0 bridgehead atoms. The third-order valence-electron chi connectivity index (χ3n) is 14.9. The predicted octanol–water partition coefficient (Wildman–Crippen LogP) is 21.1. The lowest BCUT2D eigenvalue weighted by molar-refractivity contribution is 0.381. The molecule has 452 valence electrons. The Morgan fingerprint density at radius 2 is 0.352 bits per heavy atom. The van der Waals surface area contributed by atoms with E-state index in [1.165, 1.54) is 45.2 Å². The molecule has 0 aromatic heterocycles. The second-order valence-corrected chi connectivity index (χ2v) is 23.5. The SMILES string of the molecule is Cc1cccc(Nc2ccc([C+](c3ccc(Nc4cccc(C)c4)cc3)c3ccc(Nc4cccc(C)c4)cc3)cc2)c1.Cc1cccc(Nc2ccc([C+](c3ccc(Nc4cccc(C)c4)cc3)c3ccc(Nc4cccc(C)c4)cc3)cc2)c1.O=S(=O)(O)O. The van der Waals surface area contributed by atoms with E-state index in [0.717, 1.165) is 102 Å². The van der Waals surface area contributed by atoms with E-state index in [1.54, 1.807) is 0 Å². The zero-order valence-electron chi connectivity index (χ0n) is 51.8. The average molecular weight is 1220 g/mol. The maximum Gasteiger partial charge on any atom is 0.394 e. The number of anilines is 12. The van der Waals surface area contributed by atoms with Crippen LogP contribution in [0.1, 0.15) is 66.8 Å². The van der Waals surface area contributed by atoms with Crippen LogP contribution >= 0.6 is 0 Å². The van der Waals surface area contributed by atoms with E-state index in [-0.39, 0.29) is 0 Å². The number of benzene rings is 12. The van der Waals surface area contributed by atoms with Crippen LogP contribution < -0.4 is 31.9 Å². The Morgan fingerprint density at radius 3 is 0.473 bits per heavy atom. The van der Waals surface area contributed by atoms with Crippen molar-refractivity contribution in [2.24, 2.45) is 0 Å². The van der Waals surface area contributed by atoms with Crippen molar-refractivity contribution in [1.82, 2.24) is 0 Å². The Kier molecular flexibility index (Phi) is 20.7. The Balaban J connectivity index is 0.000000186. The Hall–Kier alpha value is -11.0. The minimum Gasteiger partial charge on any atom is -0.355 e. The molecule has 0 fully saturated rings. The van der Waals surface area contributed by atoms with Crippen molar-refractivity contribution in [1.29, 1.82) is 0 Å². The molecule has 0 atom stereocenters. The van der Waals surface area contributed by atoms with E-state index >= 15 is 0 Å². The zero-order valence-corrected chi connectivity index (χ0v) is 52.6. The molecule has 0 aliphatic heterocycles. The number of hydrogen-bond acceptors (Lipinski definition) is 8. The van der Waals surface area contributed by atoms with Crippen LogP contribution in [0.5, 0.6) is 0 Å². The van der Waals surface area contributed by atoms with E-state index in [1.807, 2.05) is 0 Å². The van der Waals surface area contributed by atoms with Gasteiger partial charge in [0.15, 0.2) is 0 Å². The number of nitrogens with one attached hydrogen (secondary N) is 6. The first-order valence-electron chi connectivity index (χ1n) is 30.1. The summed E-state index contributed by atoms with van der Waals surface area (Å²) < 4.78 is 31.6. The van der Waals surface area contributed by atoms with E-state index in [0.29, 0.717) is 0 Å². The minimum absolute atomic E-state index is 1.06. The summed E-state index contributed by atoms with van der Waals surface area (Å²) in [5.41, 5.74) is 27.3. The van der Waals surface area contributed by atoms with Crippen LogP contribution in [0.2, 0.25) is 0 Å². The van der Waals surface area contributed by atoms with Crippen molar-refractivity contribution in [2.45, 2.75) is 41.5 Å². The van der Waals surface area contributed by atoms with Gasteiger partial charge in [0, 0.05) is 68.2 Å². The van der Waals surface area contributed by atoms with Crippen LogP contribution in [-0.4, -0.2) is 17.5 Å². The highest BCUT2D eigenvalue weighted by atomic mass is 32.3. The standard InChI is InChI=1S/2C40H36N3.H2O4S/c2*1-28-7-4-10-37(25-28)41-34-19-13-31(14-20-34)40(32-15-21-35(22-16-32)42-38-11-5-8-29(2)26-38)33-17-23-36(24-18-33)43-39-12-6-9-30(3)27-39;1-5(2,3)4/h2*4-27,41-43H,1-3H3;(H2,1,2,3,4)/q2*+1;. The molecule has 0 amide bonds.